The van der Waals surface area contributed by atoms with Gasteiger partial charge < -0.3 is 10.6 Å². The fraction of sp³-hybridized carbons (Fsp3) is 0.385. The molecule has 0 spiro atoms. The van der Waals surface area contributed by atoms with Crippen LogP contribution >= 0.6 is 22.7 Å². The van der Waals surface area contributed by atoms with Crippen LogP contribution in [0.1, 0.15) is 40.9 Å². The van der Waals surface area contributed by atoms with E-state index in [4.69, 9.17) is 0 Å². The molecule has 0 radical (unpaired) electrons. The number of hydrogen-bond acceptors (Lipinski definition) is 7. The van der Waals surface area contributed by atoms with Crippen molar-refractivity contribution in [3.8, 4) is 0 Å². The van der Waals surface area contributed by atoms with Gasteiger partial charge in [0, 0.05) is 6.54 Å². The first-order valence-corrected chi connectivity index (χ1v) is 8.59. The van der Waals surface area contributed by atoms with Crippen molar-refractivity contribution in [2.75, 3.05) is 11.9 Å². The molecule has 3 heterocycles. The molecule has 2 N–H and O–H groups in total. The first-order valence-electron chi connectivity index (χ1n) is 6.89. The first kappa shape index (κ1) is 14.9. The van der Waals surface area contributed by atoms with Crippen molar-refractivity contribution in [2.24, 2.45) is 0 Å². The maximum atomic E-state index is 12.4. The number of hydrogen-bond donors (Lipinski definition) is 2. The molecule has 22 heavy (non-hydrogen) atoms. The molecule has 3 rings (SSSR count). The molecule has 3 aromatic rings. The number of imidazole rings is 1. The summed E-state index contributed by atoms with van der Waals surface area (Å²) in [6.07, 6.45) is 1.83. The number of anilines is 1. The number of aryl methyl sites for hydroxylation is 1. The molecule has 0 saturated carbocycles. The molecule has 9 heteroatoms. The fourth-order valence-electron chi connectivity index (χ4n) is 2.03. The molecule has 0 aromatic carbocycles. The van der Waals surface area contributed by atoms with E-state index < -0.39 is 0 Å². The van der Waals surface area contributed by atoms with Gasteiger partial charge in [-0.3, -0.25) is 4.79 Å². The van der Waals surface area contributed by atoms with Gasteiger partial charge >= 0.3 is 0 Å². The van der Waals surface area contributed by atoms with Gasteiger partial charge in [-0.1, -0.05) is 22.7 Å². The number of thiazole rings is 1. The third-order valence-electron chi connectivity index (χ3n) is 3.13. The van der Waals surface area contributed by atoms with E-state index in [2.05, 4.69) is 25.7 Å². The first-order chi connectivity index (χ1) is 10.6. The zero-order chi connectivity index (χ0) is 15.7. The third kappa shape index (κ3) is 2.81. The Hall–Kier alpha value is -2.00. The summed E-state index contributed by atoms with van der Waals surface area (Å²) in [5.41, 5.74) is 3.26. The summed E-state index contributed by atoms with van der Waals surface area (Å²) >= 11 is 2.83. The molecular formula is C13H16N6OS2. The van der Waals surface area contributed by atoms with Crippen LogP contribution in [0.2, 0.25) is 0 Å². The Morgan fingerprint density at radius 1 is 1.45 bits per heavy atom. The van der Waals surface area contributed by atoms with Crippen LogP contribution in [0.25, 0.3) is 4.96 Å². The Bertz CT molecular complexity index is 776. The van der Waals surface area contributed by atoms with E-state index in [9.17, 15) is 4.79 Å². The van der Waals surface area contributed by atoms with Crippen LogP contribution in [0, 0.1) is 6.92 Å². The second kappa shape index (κ2) is 6.01. The van der Waals surface area contributed by atoms with Gasteiger partial charge in [0.05, 0.1) is 23.6 Å². The van der Waals surface area contributed by atoms with Gasteiger partial charge in [0.1, 0.15) is 10.4 Å². The minimum Gasteiger partial charge on any atom is -0.362 e. The molecular weight excluding hydrogens is 320 g/mol. The van der Waals surface area contributed by atoms with Gasteiger partial charge in [0.15, 0.2) is 5.13 Å². The van der Waals surface area contributed by atoms with Crippen molar-refractivity contribution in [3.05, 3.63) is 28.0 Å². The lowest BCUT2D eigenvalue weighted by molar-refractivity contribution is 0.0942. The van der Waals surface area contributed by atoms with Gasteiger partial charge in [-0.05, 0) is 20.8 Å². The van der Waals surface area contributed by atoms with E-state index in [1.54, 1.807) is 10.0 Å². The molecule has 0 aliphatic carbocycles. The summed E-state index contributed by atoms with van der Waals surface area (Å²) < 4.78 is 1.71. The molecule has 0 aliphatic rings. The van der Waals surface area contributed by atoms with Crippen molar-refractivity contribution >= 4 is 38.7 Å². The van der Waals surface area contributed by atoms with Crippen molar-refractivity contribution in [3.63, 3.8) is 0 Å². The molecule has 116 valence electrons. The molecule has 0 bridgehead atoms. The zero-order valence-electron chi connectivity index (χ0n) is 12.5. The van der Waals surface area contributed by atoms with E-state index >= 15 is 0 Å². The molecule has 0 saturated heterocycles. The second-order valence-corrected chi connectivity index (χ2v) is 6.60. The topological polar surface area (TPSA) is 84.2 Å². The largest absolute Gasteiger partial charge is 0.362 e. The Morgan fingerprint density at radius 2 is 2.27 bits per heavy atom. The number of fused-ring (bicyclic) bond motifs is 1. The normalized spacial score (nSPS) is 12.5. The summed E-state index contributed by atoms with van der Waals surface area (Å²) in [5.74, 6) is -0.129. The highest BCUT2D eigenvalue weighted by atomic mass is 32.1. The molecule has 7 nitrogen and oxygen atoms in total. The van der Waals surface area contributed by atoms with Crippen molar-refractivity contribution < 1.29 is 4.79 Å². The Balaban J connectivity index is 1.74. The lowest BCUT2D eigenvalue weighted by Crippen LogP contribution is -2.26. The molecule has 1 atom stereocenters. The van der Waals surface area contributed by atoms with Crippen molar-refractivity contribution in [1.29, 1.82) is 0 Å². The maximum Gasteiger partial charge on any atom is 0.263 e. The van der Waals surface area contributed by atoms with E-state index in [0.717, 1.165) is 28.0 Å². The van der Waals surface area contributed by atoms with Gasteiger partial charge in [0.25, 0.3) is 5.91 Å². The highest BCUT2D eigenvalue weighted by molar-refractivity contribution is 7.17. The van der Waals surface area contributed by atoms with Gasteiger partial charge in [-0.25, -0.2) is 14.5 Å². The predicted octanol–water partition coefficient (Wildman–Crippen LogP) is 2.48. The number of aromatic nitrogens is 4. The lowest BCUT2D eigenvalue weighted by Gasteiger charge is -2.10. The Kier molecular flexibility index (Phi) is 4.08. The smallest absolute Gasteiger partial charge is 0.263 e. The number of rotatable bonds is 5. The van der Waals surface area contributed by atoms with E-state index in [-0.39, 0.29) is 11.9 Å². The SMILES string of the molecule is CCNc1nc(C)c(C(=O)NC(C)c2cn3ncsc3n2)s1. The average molecular weight is 336 g/mol. The van der Waals surface area contributed by atoms with Crippen molar-refractivity contribution in [1.82, 2.24) is 24.9 Å². The summed E-state index contributed by atoms with van der Waals surface area (Å²) in [6.45, 7) is 6.53. The highest BCUT2D eigenvalue weighted by Gasteiger charge is 2.19. The van der Waals surface area contributed by atoms with E-state index in [1.807, 2.05) is 27.0 Å². The molecule has 1 amide bonds. The quantitative estimate of drug-likeness (QED) is 0.748. The average Bonchev–Trinajstić information content (AvgIpc) is 3.12. The van der Waals surface area contributed by atoms with Gasteiger partial charge in [-0.2, -0.15) is 5.10 Å². The zero-order valence-corrected chi connectivity index (χ0v) is 14.1. The Labute approximate surface area is 135 Å². The minimum atomic E-state index is -0.189. The lowest BCUT2D eigenvalue weighted by atomic mass is 10.2. The standard InChI is InChI=1S/C13H16N6OS2/c1-4-14-12-17-8(3)10(22-12)11(20)16-7(2)9-5-19-13(18-9)21-6-15-19/h5-7H,4H2,1-3H3,(H,14,17)(H,16,20). The molecule has 0 fully saturated rings. The maximum absolute atomic E-state index is 12.4. The third-order valence-corrected chi connectivity index (χ3v) is 4.93. The van der Waals surface area contributed by atoms with E-state index in [1.165, 1.54) is 22.7 Å². The van der Waals surface area contributed by atoms with E-state index in [0.29, 0.717) is 4.88 Å². The number of carbonyl (C=O) groups is 1. The second-order valence-electron chi connectivity index (χ2n) is 4.79. The monoisotopic (exact) mass is 336 g/mol. The highest BCUT2D eigenvalue weighted by Crippen LogP contribution is 2.23. The van der Waals surface area contributed by atoms with Crippen LogP contribution in [-0.2, 0) is 0 Å². The molecule has 0 aliphatic heterocycles. The summed E-state index contributed by atoms with van der Waals surface area (Å²) in [6, 6.07) is -0.189. The number of nitrogens with zero attached hydrogens (tertiary/aromatic N) is 4. The summed E-state index contributed by atoms with van der Waals surface area (Å²) in [4.78, 5) is 22.7. The minimum absolute atomic E-state index is 0.129. The fourth-order valence-corrected chi connectivity index (χ4v) is 3.58. The molecule has 3 aromatic heterocycles. The van der Waals surface area contributed by atoms with Crippen LogP contribution in [0.4, 0.5) is 5.13 Å². The van der Waals surface area contributed by atoms with Crippen LogP contribution in [0.15, 0.2) is 11.7 Å². The van der Waals surface area contributed by atoms with Crippen LogP contribution < -0.4 is 10.6 Å². The van der Waals surface area contributed by atoms with Crippen LogP contribution in [0.3, 0.4) is 0 Å². The summed E-state index contributed by atoms with van der Waals surface area (Å²) in [5, 5.41) is 11.0. The van der Waals surface area contributed by atoms with Crippen molar-refractivity contribution in [2.45, 2.75) is 26.8 Å². The van der Waals surface area contributed by atoms with Gasteiger partial charge in [0.2, 0.25) is 4.96 Å². The number of carbonyl (C=O) groups excluding carboxylic acids is 1. The Morgan fingerprint density at radius 3 is 3.00 bits per heavy atom. The molecule has 1 unspecified atom stereocenters. The predicted molar refractivity (Wildman–Crippen MR) is 87.8 cm³/mol. The van der Waals surface area contributed by atoms with Crippen LogP contribution in [0.5, 0.6) is 0 Å². The summed E-state index contributed by atoms with van der Waals surface area (Å²) in [7, 11) is 0. The number of amides is 1. The van der Waals surface area contributed by atoms with Gasteiger partial charge in [-0.15, -0.1) is 0 Å². The van der Waals surface area contributed by atoms with Crippen LogP contribution in [-0.4, -0.2) is 32.0 Å². The number of nitrogens with one attached hydrogen (secondary N) is 2.